The van der Waals surface area contributed by atoms with Crippen LogP contribution in [0.3, 0.4) is 0 Å². The smallest absolute Gasteiger partial charge is 0.134 e. The third kappa shape index (κ3) is 4.83. The van der Waals surface area contributed by atoms with Crippen LogP contribution in [0.15, 0.2) is 40.8 Å². The lowest BCUT2D eigenvalue weighted by Gasteiger charge is -2.00. The van der Waals surface area contributed by atoms with E-state index >= 15 is 0 Å². The summed E-state index contributed by atoms with van der Waals surface area (Å²) in [4.78, 5) is 0. The normalized spacial score (nSPS) is 10.9. The molecule has 1 heterocycles. The summed E-state index contributed by atoms with van der Waals surface area (Å²) in [7, 11) is 1.50. The Morgan fingerprint density at radius 2 is 1.68 bits per heavy atom. The van der Waals surface area contributed by atoms with E-state index in [9.17, 15) is 0 Å². The Kier molecular flexibility index (Phi) is 7.60. The van der Waals surface area contributed by atoms with Crippen LogP contribution in [0.2, 0.25) is 0 Å². The number of nitrogen functional groups attached to an aromatic ring is 1. The predicted molar refractivity (Wildman–Crippen MR) is 95.1 cm³/mol. The Balaban J connectivity index is 0.000000354. The van der Waals surface area contributed by atoms with Crippen LogP contribution in [0.1, 0.15) is 31.6 Å². The van der Waals surface area contributed by atoms with E-state index in [0.717, 1.165) is 35.6 Å². The maximum atomic E-state index is 5.84. The Bertz CT molecular complexity index is 649. The van der Waals surface area contributed by atoms with Gasteiger partial charge in [-0.25, -0.2) is 0 Å². The number of anilines is 1. The minimum Gasteiger partial charge on any atom is -0.460 e. The van der Waals surface area contributed by atoms with E-state index in [1.807, 2.05) is 38.1 Å². The van der Waals surface area contributed by atoms with E-state index in [1.54, 1.807) is 0 Å². The van der Waals surface area contributed by atoms with E-state index in [1.165, 1.54) is 12.6 Å². The van der Waals surface area contributed by atoms with Crippen molar-refractivity contribution in [3.8, 4) is 23.2 Å². The van der Waals surface area contributed by atoms with Gasteiger partial charge in [0.15, 0.2) is 0 Å². The molecule has 4 N–H and O–H groups in total. The molecule has 0 saturated carbocycles. The number of hydrogen-bond acceptors (Lipinski definition) is 3. The number of allylic oxidation sites excluding steroid dienone is 1. The van der Waals surface area contributed by atoms with Crippen LogP contribution < -0.4 is 11.5 Å². The standard InChI is InChI=1S/C14H13NO.C4H6.CH5N/c15-12-7-5-10(6-8-12)14-9-11-3-1-2-4-13(11)16-14;1-3-4-2;1-2/h1,3,5-9H,2,4,15H2;1-2H3;2H2,1H3. The van der Waals surface area contributed by atoms with Gasteiger partial charge in [-0.05, 0) is 57.6 Å². The van der Waals surface area contributed by atoms with E-state index < -0.39 is 0 Å². The van der Waals surface area contributed by atoms with Gasteiger partial charge in [0.2, 0.25) is 0 Å². The van der Waals surface area contributed by atoms with Crippen molar-refractivity contribution in [2.24, 2.45) is 5.73 Å². The highest BCUT2D eigenvalue weighted by Crippen LogP contribution is 2.29. The SMILES string of the molecule is CC#CC.CN.Nc1ccc(-c2cc3c(o2)CCC=C3)cc1. The van der Waals surface area contributed by atoms with Gasteiger partial charge in [0.25, 0.3) is 0 Å². The van der Waals surface area contributed by atoms with Crippen LogP contribution in [-0.4, -0.2) is 7.05 Å². The van der Waals surface area contributed by atoms with Gasteiger partial charge in [-0.15, -0.1) is 11.8 Å². The molecular weight excluding hydrogens is 272 g/mol. The summed E-state index contributed by atoms with van der Waals surface area (Å²) < 4.78 is 5.84. The lowest BCUT2D eigenvalue weighted by molar-refractivity contribution is 0.520. The van der Waals surface area contributed by atoms with E-state index in [0.29, 0.717) is 0 Å². The fourth-order valence-corrected chi connectivity index (χ4v) is 1.99. The summed E-state index contributed by atoms with van der Waals surface area (Å²) in [6.45, 7) is 3.64. The van der Waals surface area contributed by atoms with Gasteiger partial charge < -0.3 is 15.9 Å². The average molecular weight is 296 g/mol. The molecule has 1 aromatic heterocycles. The van der Waals surface area contributed by atoms with E-state index in [2.05, 4.69) is 35.8 Å². The molecule has 0 saturated heterocycles. The first-order valence-electron chi connectivity index (χ1n) is 7.31. The second kappa shape index (κ2) is 9.49. The zero-order chi connectivity index (χ0) is 16.4. The third-order valence-electron chi connectivity index (χ3n) is 3.12. The minimum absolute atomic E-state index is 0.778. The zero-order valence-electron chi connectivity index (χ0n) is 13.5. The molecule has 116 valence electrons. The predicted octanol–water partition coefficient (Wildman–Crippen LogP) is 4.09. The maximum Gasteiger partial charge on any atom is 0.134 e. The Labute approximate surface area is 133 Å². The first-order chi connectivity index (χ1) is 10.7. The van der Waals surface area contributed by atoms with Crippen LogP contribution in [0.25, 0.3) is 17.4 Å². The van der Waals surface area contributed by atoms with Crippen molar-refractivity contribution in [3.05, 3.63) is 47.7 Å². The summed E-state index contributed by atoms with van der Waals surface area (Å²) in [6, 6.07) is 9.86. The molecule has 3 nitrogen and oxygen atoms in total. The number of nitrogens with two attached hydrogens (primary N) is 2. The van der Waals surface area contributed by atoms with Gasteiger partial charge in [-0.1, -0.05) is 12.2 Å². The maximum absolute atomic E-state index is 5.84. The highest BCUT2D eigenvalue weighted by Gasteiger charge is 2.12. The van der Waals surface area contributed by atoms with Crippen molar-refractivity contribution in [1.29, 1.82) is 0 Å². The Hall–Kier alpha value is -2.44. The summed E-state index contributed by atoms with van der Waals surface area (Å²) >= 11 is 0. The van der Waals surface area contributed by atoms with Crippen molar-refractivity contribution < 1.29 is 4.42 Å². The number of hydrogen-bond donors (Lipinski definition) is 2. The minimum atomic E-state index is 0.778. The first-order valence-corrected chi connectivity index (χ1v) is 7.31. The monoisotopic (exact) mass is 296 g/mol. The van der Waals surface area contributed by atoms with Crippen molar-refractivity contribution in [2.75, 3.05) is 12.8 Å². The van der Waals surface area contributed by atoms with Gasteiger partial charge in [-0.2, -0.15) is 0 Å². The zero-order valence-corrected chi connectivity index (χ0v) is 13.5. The van der Waals surface area contributed by atoms with Crippen LogP contribution in [0.4, 0.5) is 5.69 Å². The topological polar surface area (TPSA) is 65.2 Å². The van der Waals surface area contributed by atoms with Crippen molar-refractivity contribution in [1.82, 2.24) is 0 Å². The number of fused-ring (bicyclic) bond motifs is 1. The molecule has 0 bridgehead atoms. The van der Waals surface area contributed by atoms with Crippen molar-refractivity contribution in [2.45, 2.75) is 26.7 Å². The molecule has 1 aliphatic rings. The van der Waals surface area contributed by atoms with Gasteiger partial charge in [-0.3, -0.25) is 0 Å². The van der Waals surface area contributed by atoms with Crippen LogP contribution in [-0.2, 0) is 6.42 Å². The first kappa shape index (κ1) is 17.6. The summed E-state index contributed by atoms with van der Waals surface area (Å²) in [5, 5.41) is 0. The molecule has 0 fully saturated rings. The summed E-state index contributed by atoms with van der Waals surface area (Å²) in [6.07, 6.45) is 6.39. The number of benzene rings is 1. The second-order valence-corrected chi connectivity index (χ2v) is 4.55. The fraction of sp³-hybridized carbons (Fsp3) is 0.263. The van der Waals surface area contributed by atoms with Gasteiger partial charge >= 0.3 is 0 Å². The summed E-state index contributed by atoms with van der Waals surface area (Å²) in [5.74, 6) is 7.38. The van der Waals surface area contributed by atoms with E-state index in [4.69, 9.17) is 10.2 Å². The molecule has 0 amide bonds. The van der Waals surface area contributed by atoms with Crippen molar-refractivity contribution in [3.63, 3.8) is 0 Å². The number of aryl methyl sites for hydroxylation is 1. The third-order valence-corrected chi connectivity index (χ3v) is 3.12. The lowest BCUT2D eigenvalue weighted by atomic mass is 10.1. The molecule has 3 heteroatoms. The molecule has 0 atom stereocenters. The van der Waals surface area contributed by atoms with E-state index in [-0.39, 0.29) is 0 Å². The lowest BCUT2D eigenvalue weighted by Crippen LogP contribution is -1.87. The van der Waals surface area contributed by atoms with Crippen LogP contribution in [0, 0.1) is 11.8 Å². The highest BCUT2D eigenvalue weighted by molar-refractivity contribution is 5.66. The molecule has 0 aliphatic heterocycles. The fourth-order valence-electron chi connectivity index (χ4n) is 1.99. The molecule has 0 unspecified atom stereocenters. The number of furan rings is 1. The molecule has 1 aromatic carbocycles. The molecule has 0 spiro atoms. The molecule has 1 aliphatic carbocycles. The second-order valence-electron chi connectivity index (χ2n) is 4.55. The van der Waals surface area contributed by atoms with Crippen LogP contribution >= 0.6 is 0 Å². The molecular formula is C19H24N2O. The molecule has 22 heavy (non-hydrogen) atoms. The molecule has 3 rings (SSSR count). The van der Waals surface area contributed by atoms with Crippen LogP contribution in [0.5, 0.6) is 0 Å². The quantitative estimate of drug-likeness (QED) is 0.615. The Morgan fingerprint density at radius 3 is 2.23 bits per heavy atom. The van der Waals surface area contributed by atoms with Gasteiger partial charge in [0, 0.05) is 23.2 Å². The average Bonchev–Trinajstić information content (AvgIpc) is 3.01. The largest absolute Gasteiger partial charge is 0.460 e. The van der Waals surface area contributed by atoms with Gasteiger partial charge in [0.1, 0.15) is 11.5 Å². The number of rotatable bonds is 1. The van der Waals surface area contributed by atoms with Gasteiger partial charge in [0.05, 0.1) is 0 Å². The summed E-state index contributed by atoms with van der Waals surface area (Å²) in [5.41, 5.74) is 13.2. The Morgan fingerprint density at radius 1 is 1.05 bits per heavy atom. The molecule has 0 radical (unpaired) electrons. The molecule has 2 aromatic rings. The van der Waals surface area contributed by atoms with Crippen molar-refractivity contribution >= 4 is 11.8 Å². The highest BCUT2D eigenvalue weighted by atomic mass is 16.3.